The second kappa shape index (κ2) is 8.30. The number of halogens is 2. The lowest BCUT2D eigenvalue weighted by Gasteiger charge is -2.16. The molecule has 0 aliphatic rings. The van der Waals surface area contributed by atoms with Crippen molar-refractivity contribution in [3.8, 4) is 0 Å². The van der Waals surface area contributed by atoms with Crippen molar-refractivity contribution >= 4 is 39.2 Å². The molecular weight excluding hydrogens is 403 g/mol. The predicted molar refractivity (Wildman–Crippen MR) is 110 cm³/mol. The maximum absolute atomic E-state index is 12.7. The fourth-order valence-corrected chi connectivity index (χ4v) is 4.37. The summed E-state index contributed by atoms with van der Waals surface area (Å²) >= 11 is 12.0. The van der Waals surface area contributed by atoms with Gasteiger partial charge in [-0.25, -0.2) is 4.98 Å². The summed E-state index contributed by atoms with van der Waals surface area (Å²) in [6.07, 6.45) is 3.26. The summed E-state index contributed by atoms with van der Waals surface area (Å²) in [6.45, 7) is 1.73. The first-order valence-corrected chi connectivity index (χ1v) is 10.5. The molecule has 0 atom stereocenters. The van der Waals surface area contributed by atoms with Crippen molar-refractivity contribution in [1.82, 2.24) is 4.98 Å². The van der Waals surface area contributed by atoms with E-state index in [0.29, 0.717) is 14.4 Å². The van der Waals surface area contributed by atoms with Crippen LogP contribution < -0.4 is 3.82 Å². The molecule has 0 saturated carbocycles. The molecule has 27 heavy (non-hydrogen) atoms. The van der Waals surface area contributed by atoms with Crippen LogP contribution in [0.25, 0.3) is 0 Å². The van der Waals surface area contributed by atoms with Gasteiger partial charge in [0.05, 0.1) is 4.90 Å². The van der Waals surface area contributed by atoms with Crippen molar-refractivity contribution in [2.75, 3.05) is 3.82 Å². The highest BCUT2D eigenvalue weighted by Crippen LogP contribution is 2.26. The van der Waals surface area contributed by atoms with Crippen LogP contribution >= 0.6 is 23.4 Å². The van der Waals surface area contributed by atoms with Crippen LogP contribution in [0.1, 0.15) is 16.7 Å². The lowest BCUT2D eigenvalue weighted by atomic mass is 10.1. The quantitative estimate of drug-likeness (QED) is 0.516. The molecule has 3 aromatic rings. The number of rotatable bonds is 6. The first-order valence-electron chi connectivity index (χ1n) is 8.34. The highest BCUT2D eigenvalue weighted by molar-refractivity contribution is 7.94. The molecule has 1 aromatic heterocycles. The van der Waals surface area contributed by atoms with Gasteiger partial charge < -0.3 is 0 Å². The lowest BCUT2D eigenvalue weighted by Crippen LogP contribution is -2.23. The minimum Gasteiger partial charge on any atom is -0.237 e. The highest BCUT2D eigenvalue weighted by Gasteiger charge is 2.26. The summed E-state index contributed by atoms with van der Waals surface area (Å²) in [7, 11) is -3.87. The van der Waals surface area contributed by atoms with Gasteiger partial charge in [-0.05, 0) is 60.7 Å². The summed E-state index contributed by atoms with van der Waals surface area (Å²) in [5, 5.41) is 0.710. The van der Waals surface area contributed by atoms with Crippen LogP contribution in [0.3, 0.4) is 0 Å². The highest BCUT2D eigenvalue weighted by atomic mass is 35.5. The maximum Gasteiger partial charge on any atom is 0.279 e. The van der Waals surface area contributed by atoms with Gasteiger partial charge in [0, 0.05) is 23.0 Å². The summed E-state index contributed by atoms with van der Waals surface area (Å²) in [5.74, 6) is 0.162. The second-order valence-corrected chi connectivity index (χ2v) is 8.87. The van der Waals surface area contributed by atoms with Crippen molar-refractivity contribution < 1.29 is 8.42 Å². The Morgan fingerprint density at radius 1 is 0.926 bits per heavy atom. The van der Waals surface area contributed by atoms with Crippen LogP contribution in [0.2, 0.25) is 5.02 Å². The molecule has 0 radical (unpaired) electrons. The largest absolute Gasteiger partial charge is 0.279 e. The zero-order valence-corrected chi connectivity index (χ0v) is 17.0. The van der Waals surface area contributed by atoms with E-state index in [9.17, 15) is 8.42 Å². The number of pyridine rings is 1. The van der Waals surface area contributed by atoms with Crippen LogP contribution in [0, 0.1) is 6.92 Å². The average Bonchev–Trinajstić information content (AvgIpc) is 2.67. The number of aromatic nitrogens is 1. The topological polar surface area (TPSA) is 50.3 Å². The van der Waals surface area contributed by atoms with E-state index >= 15 is 0 Å². The first kappa shape index (κ1) is 19.7. The minimum absolute atomic E-state index is 0.161. The van der Waals surface area contributed by atoms with Crippen molar-refractivity contribution in [3.63, 3.8) is 0 Å². The van der Waals surface area contributed by atoms with E-state index in [0.717, 1.165) is 18.4 Å². The van der Waals surface area contributed by atoms with Crippen LogP contribution in [0.5, 0.6) is 0 Å². The Balaban J connectivity index is 1.72. The third kappa shape index (κ3) is 4.61. The smallest absolute Gasteiger partial charge is 0.237 e. The number of benzene rings is 2. The fraction of sp³-hybridized carbons (Fsp3) is 0.150. The Hall–Kier alpha value is -2.08. The number of sulfonamides is 1. The summed E-state index contributed by atoms with van der Waals surface area (Å²) < 4.78 is 26.1. The SMILES string of the molecule is Cc1ccccc1S(=O)(=O)N(Cl)c1ccc(CCc2ccc(Cl)cc2)cn1. The van der Waals surface area contributed by atoms with Gasteiger partial charge in [0.15, 0.2) is 5.82 Å². The molecule has 0 aliphatic carbocycles. The molecule has 0 N–H and O–H groups in total. The number of nitrogens with zero attached hydrogens (tertiary/aromatic N) is 2. The molecule has 1 heterocycles. The molecule has 0 bridgehead atoms. The normalized spacial score (nSPS) is 11.4. The van der Waals surface area contributed by atoms with Gasteiger partial charge in [-0.2, -0.15) is 12.2 Å². The Morgan fingerprint density at radius 2 is 1.56 bits per heavy atom. The van der Waals surface area contributed by atoms with E-state index in [1.54, 1.807) is 37.4 Å². The molecule has 0 spiro atoms. The molecule has 0 saturated heterocycles. The van der Waals surface area contributed by atoms with Crippen LogP contribution in [-0.4, -0.2) is 13.4 Å². The van der Waals surface area contributed by atoms with E-state index in [2.05, 4.69) is 4.98 Å². The fourth-order valence-electron chi connectivity index (χ4n) is 2.66. The molecule has 0 amide bonds. The van der Waals surface area contributed by atoms with E-state index in [1.165, 1.54) is 11.6 Å². The number of hydrogen-bond acceptors (Lipinski definition) is 3. The maximum atomic E-state index is 12.7. The molecule has 7 heteroatoms. The second-order valence-electron chi connectivity index (χ2n) is 6.14. The van der Waals surface area contributed by atoms with Gasteiger partial charge in [-0.3, -0.25) is 0 Å². The van der Waals surface area contributed by atoms with Crippen LogP contribution in [-0.2, 0) is 22.9 Å². The Kier molecular flexibility index (Phi) is 6.05. The third-order valence-corrected chi connectivity index (χ3v) is 6.78. The van der Waals surface area contributed by atoms with Crippen molar-refractivity contribution in [2.45, 2.75) is 24.7 Å². The average molecular weight is 421 g/mol. The van der Waals surface area contributed by atoms with Crippen molar-refractivity contribution in [1.29, 1.82) is 0 Å². The van der Waals surface area contributed by atoms with Crippen LogP contribution in [0.15, 0.2) is 71.8 Å². The molecule has 0 fully saturated rings. The molecule has 140 valence electrons. The predicted octanol–water partition coefficient (Wildman–Crippen LogP) is 5.18. The van der Waals surface area contributed by atoms with Gasteiger partial charge in [-0.15, -0.1) is 0 Å². The van der Waals surface area contributed by atoms with Crippen LogP contribution in [0.4, 0.5) is 5.82 Å². The van der Waals surface area contributed by atoms with E-state index in [1.807, 2.05) is 30.3 Å². The third-order valence-electron chi connectivity index (χ3n) is 4.19. The zero-order valence-electron chi connectivity index (χ0n) is 14.6. The van der Waals surface area contributed by atoms with Gasteiger partial charge in [0.25, 0.3) is 10.0 Å². The monoisotopic (exact) mass is 420 g/mol. The van der Waals surface area contributed by atoms with E-state index in [4.69, 9.17) is 23.4 Å². The van der Waals surface area contributed by atoms with Gasteiger partial charge in [0.2, 0.25) is 0 Å². The van der Waals surface area contributed by atoms with Gasteiger partial charge >= 0.3 is 0 Å². The zero-order chi connectivity index (χ0) is 19.4. The molecular formula is C20H18Cl2N2O2S. The molecule has 0 unspecified atom stereocenters. The first-order chi connectivity index (χ1) is 12.9. The Morgan fingerprint density at radius 3 is 2.19 bits per heavy atom. The molecule has 3 rings (SSSR count). The Bertz CT molecular complexity index is 1020. The molecule has 2 aromatic carbocycles. The molecule has 4 nitrogen and oxygen atoms in total. The number of aryl methyl sites for hydroxylation is 3. The number of hydrogen-bond donors (Lipinski definition) is 0. The van der Waals surface area contributed by atoms with Gasteiger partial charge in [-0.1, -0.05) is 48.0 Å². The molecule has 0 aliphatic heterocycles. The van der Waals surface area contributed by atoms with Crippen molar-refractivity contribution in [3.05, 3.63) is 88.6 Å². The van der Waals surface area contributed by atoms with Gasteiger partial charge in [0.1, 0.15) is 0 Å². The standard InChI is InChI=1S/C20H18Cl2N2O2S/c1-15-4-2-3-5-19(15)27(25,26)24(22)20-13-10-17(14-23-20)7-6-16-8-11-18(21)12-9-16/h2-5,8-14H,6-7H2,1H3. The Labute approximate surface area is 169 Å². The van der Waals surface area contributed by atoms with E-state index < -0.39 is 10.0 Å². The van der Waals surface area contributed by atoms with E-state index in [-0.39, 0.29) is 10.7 Å². The summed E-state index contributed by atoms with van der Waals surface area (Å²) in [6, 6.07) is 17.8. The summed E-state index contributed by atoms with van der Waals surface area (Å²) in [4.78, 5) is 4.38. The minimum atomic E-state index is -3.87. The summed E-state index contributed by atoms with van der Waals surface area (Å²) in [5.41, 5.74) is 2.79. The lowest BCUT2D eigenvalue weighted by molar-refractivity contribution is 0.597. The van der Waals surface area contributed by atoms with Crippen molar-refractivity contribution in [2.24, 2.45) is 0 Å². The number of anilines is 1.